The number of ether oxygens (including phenoxy) is 4. The lowest BCUT2D eigenvalue weighted by Crippen LogP contribution is -2.30. The van der Waals surface area contributed by atoms with Gasteiger partial charge in [-0.3, -0.25) is 9.59 Å². The van der Waals surface area contributed by atoms with Crippen LogP contribution in [0.4, 0.5) is 0 Å². The summed E-state index contributed by atoms with van der Waals surface area (Å²) in [6.45, 7) is 12.0. The summed E-state index contributed by atoms with van der Waals surface area (Å²) >= 11 is 0. The van der Waals surface area contributed by atoms with E-state index in [-0.39, 0.29) is 47.9 Å². The number of methoxy groups -OCH3 is 1. The first-order valence-corrected chi connectivity index (χ1v) is 10.5. The van der Waals surface area contributed by atoms with E-state index in [0.717, 1.165) is 43.3 Å². The molecule has 1 aliphatic carbocycles. The first kappa shape index (κ1) is 22.0. The zero-order valence-corrected chi connectivity index (χ0v) is 18.3. The Balaban J connectivity index is 1.89. The monoisotopic (exact) mass is 406 g/mol. The minimum absolute atomic E-state index is 0.130. The number of carbonyl (C=O) groups is 2. The average Bonchev–Trinajstić information content (AvgIpc) is 3.49. The number of epoxide rings is 2. The van der Waals surface area contributed by atoms with Gasteiger partial charge in [-0.15, -0.1) is 0 Å². The van der Waals surface area contributed by atoms with Gasteiger partial charge in [-0.25, -0.2) is 0 Å². The molecule has 2 aliphatic heterocycles. The van der Waals surface area contributed by atoms with E-state index >= 15 is 0 Å². The van der Waals surface area contributed by atoms with E-state index in [9.17, 15) is 9.59 Å². The average molecular weight is 407 g/mol. The SMILES string of the molecule is C=C1CC[C@@H]2O[C@@]2(C)CC[C@H](/C(=C\C[C@H]2OC2(C)C)COC(C)=O)[C@H]1C(=O)OC. The molecule has 29 heavy (non-hydrogen) atoms. The van der Waals surface area contributed by atoms with Gasteiger partial charge in [0, 0.05) is 12.8 Å². The molecule has 0 radical (unpaired) electrons. The Kier molecular flexibility index (Phi) is 6.25. The van der Waals surface area contributed by atoms with Crippen molar-refractivity contribution in [2.24, 2.45) is 11.8 Å². The van der Waals surface area contributed by atoms with Crippen molar-refractivity contribution < 1.29 is 28.5 Å². The van der Waals surface area contributed by atoms with E-state index in [0.29, 0.717) is 0 Å². The summed E-state index contributed by atoms with van der Waals surface area (Å²) < 4.78 is 22.1. The minimum atomic E-state index is -0.448. The highest BCUT2D eigenvalue weighted by atomic mass is 16.6. The normalized spacial score (nSPS) is 36.2. The first-order chi connectivity index (χ1) is 13.6. The van der Waals surface area contributed by atoms with Gasteiger partial charge < -0.3 is 18.9 Å². The highest BCUT2D eigenvalue weighted by molar-refractivity contribution is 5.76. The molecule has 162 valence electrons. The molecule has 2 saturated heterocycles. The second-order valence-electron chi connectivity index (χ2n) is 9.27. The molecule has 0 bridgehead atoms. The summed E-state index contributed by atoms with van der Waals surface area (Å²) in [6.07, 6.45) is 6.33. The maximum atomic E-state index is 12.8. The first-order valence-electron chi connectivity index (χ1n) is 10.5. The van der Waals surface area contributed by atoms with Gasteiger partial charge in [-0.1, -0.05) is 18.2 Å². The molecule has 3 aliphatic rings. The van der Waals surface area contributed by atoms with Crippen LogP contribution in [0.5, 0.6) is 0 Å². The lowest BCUT2D eigenvalue weighted by atomic mass is 9.77. The molecule has 1 saturated carbocycles. The predicted octanol–water partition coefficient (Wildman–Crippen LogP) is 3.74. The predicted molar refractivity (Wildman–Crippen MR) is 108 cm³/mol. The maximum absolute atomic E-state index is 12.8. The molecule has 0 aromatic heterocycles. The largest absolute Gasteiger partial charge is 0.469 e. The Morgan fingerprint density at radius 1 is 1.24 bits per heavy atom. The van der Waals surface area contributed by atoms with Gasteiger partial charge in [0.25, 0.3) is 0 Å². The van der Waals surface area contributed by atoms with Crippen LogP contribution in [0.1, 0.15) is 59.8 Å². The van der Waals surface area contributed by atoms with Crippen LogP contribution in [0.2, 0.25) is 0 Å². The standard InChI is InChI=1S/C23H34O6/c1-14-7-9-19-23(5,29-19)12-11-17(20(14)21(25)26-6)16(13-27-15(2)24)8-10-18-22(3,4)28-18/h8,17-20H,1,7,9-13H2,2-6H3/b16-8-/t17-,18-,19+,20+,23+/m1/s1. The van der Waals surface area contributed by atoms with Crippen LogP contribution in [0.25, 0.3) is 0 Å². The highest BCUT2D eigenvalue weighted by Gasteiger charge is 2.53. The van der Waals surface area contributed by atoms with E-state index in [1.54, 1.807) is 0 Å². The summed E-state index contributed by atoms with van der Waals surface area (Å²) in [7, 11) is 1.41. The fourth-order valence-electron chi connectivity index (χ4n) is 4.52. The van der Waals surface area contributed by atoms with Crippen LogP contribution >= 0.6 is 0 Å². The molecule has 0 amide bonds. The molecular formula is C23H34O6. The van der Waals surface area contributed by atoms with Crippen molar-refractivity contribution in [1.82, 2.24) is 0 Å². The third-order valence-electron chi connectivity index (χ3n) is 6.69. The topological polar surface area (TPSA) is 77.7 Å². The van der Waals surface area contributed by atoms with Crippen molar-refractivity contribution in [3.05, 3.63) is 23.8 Å². The molecule has 2 heterocycles. The quantitative estimate of drug-likeness (QED) is 0.380. The molecule has 6 nitrogen and oxygen atoms in total. The van der Waals surface area contributed by atoms with Gasteiger partial charge in [-0.2, -0.15) is 0 Å². The van der Waals surface area contributed by atoms with E-state index in [2.05, 4.69) is 33.4 Å². The summed E-state index contributed by atoms with van der Waals surface area (Å²) in [5, 5.41) is 0. The van der Waals surface area contributed by atoms with Gasteiger partial charge in [0.2, 0.25) is 0 Å². The van der Waals surface area contributed by atoms with Crippen molar-refractivity contribution in [2.45, 2.75) is 83.2 Å². The lowest BCUT2D eigenvalue weighted by Gasteiger charge is -2.29. The lowest BCUT2D eigenvalue weighted by molar-refractivity contribution is -0.145. The van der Waals surface area contributed by atoms with Crippen LogP contribution in [-0.4, -0.2) is 49.1 Å². The maximum Gasteiger partial charge on any atom is 0.313 e. The summed E-state index contributed by atoms with van der Waals surface area (Å²) in [4.78, 5) is 24.3. The summed E-state index contributed by atoms with van der Waals surface area (Å²) in [5.41, 5.74) is 1.52. The zero-order chi connectivity index (χ0) is 21.4. The number of rotatable bonds is 6. The van der Waals surface area contributed by atoms with Crippen LogP contribution in [0, 0.1) is 11.8 Å². The second kappa shape index (κ2) is 8.23. The Hall–Kier alpha value is -1.66. The molecule has 3 fully saturated rings. The van der Waals surface area contributed by atoms with E-state index in [4.69, 9.17) is 18.9 Å². The molecule has 0 aromatic rings. The van der Waals surface area contributed by atoms with Crippen molar-refractivity contribution in [1.29, 1.82) is 0 Å². The van der Waals surface area contributed by atoms with Crippen molar-refractivity contribution >= 4 is 11.9 Å². The summed E-state index contributed by atoms with van der Waals surface area (Å²) in [6, 6.07) is 0. The van der Waals surface area contributed by atoms with Gasteiger partial charge >= 0.3 is 11.9 Å². The van der Waals surface area contributed by atoms with Crippen LogP contribution in [0.3, 0.4) is 0 Å². The second-order valence-corrected chi connectivity index (χ2v) is 9.27. The Bertz CT molecular complexity index is 708. The fourth-order valence-corrected chi connectivity index (χ4v) is 4.52. The number of carbonyl (C=O) groups excluding carboxylic acids is 2. The van der Waals surface area contributed by atoms with Crippen LogP contribution in [0.15, 0.2) is 23.8 Å². The van der Waals surface area contributed by atoms with Crippen LogP contribution in [-0.2, 0) is 28.5 Å². The number of fused-ring (bicyclic) bond motifs is 1. The Morgan fingerprint density at radius 2 is 1.93 bits per heavy atom. The van der Waals surface area contributed by atoms with E-state index in [1.807, 2.05) is 0 Å². The molecule has 0 unspecified atom stereocenters. The van der Waals surface area contributed by atoms with Gasteiger partial charge in [-0.05, 0) is 58.4 Å². The minimum Gasteiger partial charge on any atom is -0.469 e. The fraction of sp³-hybridized carbons (Fsp3) is 0.739. The zero-order valence-electron chi connectivity index (χ0n) is 18.3. The van der Waals surface area contributed by atoms with Gasteiger partial charge in [0.15, 0.2) is 0 Å². The molecule has 5 atom stereocenters. The third kappa shape index (κ3) is 5.10. The molecule has 3 rings (SSSR count). The van der Waals surface area contributed by atoms with Gasteiger partial charge in [0.1, 0.15) is 6.61 Å². The molecule has 0 aromatic carbocycles. The van der Waals surface area contributed by atoms with Crippen molar-refractivity contribution in [3.8, 4) is 0 Å². The number of hydrogen-bond acceptors (Lipinski definition) is 6. The smallest absolute Gasteiger partial charge is 0.313 e. The number of hydrogen-bond donors (Lipinski definition) is 0. The molecular weight excluding hydrogens is 372 g/mol. The van der Waals surface area contributed by atoms with Crippen molar-refractivity contribution in [3.63, 3.8) is 0 Å². The summed E-state index contributed by atoms with van der Waals surface area (Å²) in [5.74, 6) is -1.21. The number of esters is 2. The highest BCUT2D eigenvalue weighted by Crippen LogP contribution is 2.48. The Morgan fingerprint density at radius 3 is 2.52 bits per heavy atom. The van der Waals surface area contributed by atoms with Crippen LogP contribution < -0.4 is 0 Å². The van der Waals surface area contributed by atoms with Crippen molar-refractivity contribution in [2.75, 3.05) is 13.7 Å². The van der Waals surface area contributed by atoms with E-state index in [1.165, 1.54) is 14.0 Å². The van der Waals surface area contributed by atoms with E-state index < -0.39 is 5.92 Å². The Labute approximate surface area is 173 Å². The molecule has 0 N–H and O–H groups in total. The van der Waals surface area contributed by atoms with Gasteiger partial charge in [0.05, 0.1) is 36.4 Å². The third-order valence-corrected chi connectivity index (χ3v) is 6.69. The molecule has 6 heteroatoms. The molecule has 0 spiro atoms.